The molecule has 3 aliphatic rings. The highest BCUT2D eigenvalue weighted by Crippen LogP contribution is 2.28. The molecular formula is C15H27N3O2. The van der Waals surface area contributed by atoms with Crippen LogP contribution in [0.1, 0.15) is 32.1 Å². The minimum atomic E-state index is 0.185. The first-order chi connectivity index (χ1) is 9.74. The van der Waals surface area contributed by atoms with Gasteiger partial charge in [-0.3, -0.25) is 9.69 Å². The number of ether oxygens (including phenoxy) is 1. The van der Waals surface area contributed by atoms with E-state index in [-0.39, 0.29) is 18.6 Å². The highest BCUT2D eigenvalue weighted by molar-refractivity contribution is 5.77. The van der Waals surface area contributed by atoms with Gasteiger partial charge < -0.3 is 15.0 Å². The van der Waals surface area contributed by atoms with Gasteiger partial charge in [0.05, 0.1) is 6.10 Å². The molecule has 0 aromatic carbocycles. The summed E-state index contributed by atoms with van der Waals surface area (Å²) < 4.78 is 5.80. The molecule has 5 heteroatoms. The summed E-state index contributed by atoms with van der Waals surface area (Å²) in [4.78, 5) is 16.8. The summed E-state index contributed by atoms with van der Waals surface area (Å²) >= 11 is 0. The van der Waals surface area contributed by atoms with Crippen LogP contribution in [0.3, 0.4) is 0 Å². The summed E-state index contributed by atoms with van der Waals surface area (Å²) in [5.41, 5.74) is 0. The molecule has 114 valence electrons. The molecule has 20 heavy (non-hydrogen) atoms. The molecular weight excluding hydrogens is 254 g/mol. The number of amides is 1. The molecule has 3 rings (SSSR count). The Bertz CT molecular complexity index is 344. The zero-order chi connectivity index (χ0) is 13.9. The topological polar surface area (TPSA) is 44.8 Å². The van der Waals surface area contributed by atoms with E-state index in [0.29, 0.717) is 12.1 Å². The molecule has 3 aliphatic heterocycles. The number of carbonyl (C=O) groups excluding carboxylic acids is 1. The minimum Gasteiger partial charge on any atom is -0.368 e. The quantitative estimate of drug-likeness (QED) is 0.816. The molecule has 2 atom stereocenters. The smallest absolute Gasteiger partial charge is 0.248 e. The van der Waals surface area contributed by atoms with Crippen LogP contribution in [0.5, 0.6) is 0 Å². The molecule has 3 heterocycles. The molecule has 0 aromatic heterocycles. The lowest BCUT2D eigenvalue weighted by molar-refractivity contribution is -0.139. The monoisotopic (exact) mass is 281 g/mol. The maximum Gasteiger partial charge on any atom is 0.248 e. The Kier molecular flexibility index (Phi) is 4.58. The summed E-state index contributed by atoms with van der Waals surface area (Å²) in [7, 11) is 2.21. The Morgan fingerprint density at radius 3 is 2.70 bits per heavy atom. The van der Waals surface area contributed by atoms with E-state index in [4.69, 9.17) is 4.74 Å². The van der Waals surface area contributed by atoms with E-state index in [1.807, 2.05) is 4.90 Å². The van der Waals surface area contributed by atoms with Gasteiger partial charge in [-0.25, -0.2) is 0 Å². The van der Waals surface area contributed by atoms with Crippen molar-refractivity contribution in [2.75, 3.05) is 39.8 Å². The van der Waals surface area contributed by atoms with Crippen molar-refractivity contribution < 1.29 is 9.53 Å². The molecule has 0 saturated carbocycles. The van der Waals surface area contributed by atoms with Crippen molar-refractivity contribution in [3.8, 4) is 0 Å². The van der Waals surface area contributed by atoms with Gasteiger partial charge in [0.1, 0.15) is 6.61 Å². The maximum absolute atomic E-state index is 12.3. The third-order valence-corrected chi connectivity index (χ3v) is 5.23. The van der Waals surface area contributed by atoms with Crippen LogP contribution in [0.2, 0.25) is 0 Å². The van der Waals surface area contributed by atoms with Gasteiger partial charge in [0.2, 0.25) is 5.91 Å². The predicted molar refractivity (Wildman–Crippen MR) is 77.6 cm³/mol. The second kappa shape index (κ2) is 6.41. The average molecular weight is 281 g/mol. The van der Waals surface area contributed by atoms with Crippen LogP contribution in [0.4, 0.5) is 0 Å². The van der Waals surface area contributed by atoms with Crippen molar-refractivity contribution >= 4 is 5.91 Å². The van der Waals surface area contributed by atoms with Gasteiger partial charge in [0, 0.05) is 25.2 Å². The van der Waals surface area contributed by atoms with Gasteiger partial charge in [-0.2, -0.15) is 0 Å². The normalized spacial score (nSPS) is 32.4. The third kappa shape index (κ3) is 3.15. The SMILES string of the molecule is CN1C2CCC1CN(C(=O)COC1CCNCC1)CC2. The lowest BCUT2D eigenvalue weighted by Gasteiger charge is -2.27. The number of nitrogens with one attached hydrogen (secondary N) is 1. The lowest BCUT2D eigenvalue weighted by Crippen LogP contribution is -2.42. The van der Waals surface area contributed by atoms with E-state index in [2.05, 4.69) is 17.3 Å². The number of rotatable bonds is 3. The zero-order valence-electron chi connectivity index (χ0n) is 12.5. The molecule has 2 unspecified atom stereocenters. The van der Waals surface area contributed by atoms with E-state index >= 15 is 0 Å². The second-order valence-corrected chi connectivity index (χ2v) is 6.44. The summed E-state index contributed by atoms with van der Waals surface area (Å²) in [6.07, 6.45) is 5.98. The predicted octanol–water partition coefficient (Wildman–Crippen LogP) is 0.450. The van der Waals surface area contributed by atoms with Crippen LogP contribution in [0.15, 0.2) is 0 Å². The Balaban J connectivity index is 1.47. The number of fused-ring (bicyclic) bond motifs is 2. The number of carbonyl (C=O) groups is 1. The van der Waals surface area contributed by atoms with Crippen LogP contribution >= 0.6 is 0 Å². The lowest BCUT2D eigenvalue weighted by atomic mass is 10.1. The standard InChI is InChI=1S/C15H27N3O2/c1-17-12-2-3-13(17)10-18(9-6-12)15(19)11-20-14-4-7-16-8-5-14/h12-14,16H,2-11H2,1H3. The first-order valence-corrected chi connectivity index (χ1v) is 8.06. The van der Waals surface area contributed by atoms with Gasteiger partial charge in [0.15, 0.2) is 0 Å². The molecule has 3 saturated heterocycles. The number of nitrogens with zero attached hydrogens (tertiary/aromatic N) is 2. The van der Waals surface area contributed by atoms with E-state index in [1.165, 1.54) is 12.8 Å². The number of likely N-dealkylation sites (tertiary alicyclic amines) is 1. The van der Waals surface area contributed by atoms with Gasteiger partial charge in [-0.05, 0) is 52.2 Å². The van der Waals surface area contributed by atoms with Gasteiger partial charge in [-0.15, -0.1) is 0 Å². The molecule has 0 aromatic rings. The maximum atomic E-state index is 12.3. The summed E-state index contributed by atoms with van der Waals surface area (Å²) in [6.45, 7) is 4.08. The zero-order valence-corrected chi connectivity index (χ0v) is 12.5. The Hall–Kier alpha value is -0.650. The van der Waals surface area contributed by atoms with Gasteiger partial charge in [0.25, 0.3) is 0 Å². The molecule has 1 amide bonds. The van der Waals surface area contributed by atoms with E-state index in [0.717, 1.165) is 45.4 Å². The Morgan fingerprint density at radius 2 is 1.90 bits per heavy atom. The molecule has 5 nitrogen and oxygen atoms in total. The molecule has 0 spiro atoms. The van der Waals surface area contributed by atoms with E-state index < -0.39 is 0 Å². The van der Waals surface area contributed by atoms with Gasteiger partial charge >= 0.3 is 0 Å². The van der Waals surface area contributed by atoms with E-state index in [9.17, 15) is 4.79 Å². The fourth-order valence-electron chi connectivity index (χ4n) is 3.78. The van der Waals surface area contributed by atoms with Crippen molar-refractivity contribution in [3.05, 3.63) is 0 Å². The largest absolute Gasteiger partial charge is 0.368 e. The number of hydrogen-bond donors (Lipinski definition) is 1. The van der Waals surface area contributed by atoms with Crippen LogP contribution < -0.4 is 5.32 Å². The first-order valence-electron chi connectivity index (χ1n) is 8.06. The number of piperidine rings is 1. The highest BCUT2D eigenvalue weighted by Gasteiger charge is 2.35. The minimum absolute atomic E-state index is 0.185. The van der Waals surface area contributed by atoms with Crippen molar-refractivity contribution in [2.45, 2.75) is 50.3 Å². The average Bonchev–Trinajstić information content (AvgIpc) is 2.71. The Labute approximate surface area is 121 Å². The molecule has 0 aliphatic carbocycles. The summed E-state index contributed by atoms with van der Waals surface area (Å²) in [5.74, 6) is 0.185. The summed E-state index contributed by atoms with van der Waals surface area (Å²) in [6, 6.07) is 1.24. The second-order valence-electron chi connectivity index (χ2n) is 6.44. The molecule has 2 bridgehead atoms. The van der Waals surface area contributed by atoms with Crippen molar-refractivity contribution in [2.24, 2.45) is 0 Å². The highest BCUT2D eigenvalue weighted by atomic mass is 16.5. The summed E-state index contributed by atoms with van der Waals surface area (Å²) in [5, 5.41) is 3.32. The van der Waals surface area contributed by atoms with Crippen molar-refractivity contribution in [1.29, 1.82) is 0 Å². The van der Waals surface area contributed by atoms with Crippen LogP contribution in [0, 0.1) is 0 Å². The Morgan fingerprint density at radius 1 is 1.15 bits per heavy atom. The molecule has 0 radical (unpaired) electrons. The molecule has 3 fully saturated rings. The first kappa shape index (κ1) is 14.3. The van der Waals surface area contributed by atoms with Crippen molar-refractivity contribution in [3.63, 3.8) is 0 Å². The fourth-order valence-corrected chi connectivity index (χ4v) is 3.78. The number of likely N-dealkylation sites (N-methyl/N-ethyl adjacent to an activating group) is 1. The van der Waals surface area contributed by atoms with Crippen molar-refractivity contribution in [1.82, 2.24) is 15.1 Å². The van der Waals surface area contributed by atoms with Crippen LogP contribution in [-0.4, -0.2) is 73.7 Å². The van der Waals surface area contributed by atoms with Gasteiger partial charge in [-0.1, -0.05) is 0 Å². The fraction of sp³-hybridized carbons (Fsp3) is 0.933. The van der Waals surface area contributed by atoms with Crippen LogP contribution in [-0.2, 0) is 9.53 Å². The van der Waals surface area contributed by atoms with Crippen LogP contribution in [0.25, 0.3) is 0 Å². The van der Waals surface area contributed by atoms with E-state index in [1.54, 1.807) is 0 Å². The number of hydrogen-bond acceptors (Lipinski definition) is 4. The molecule has 1 N–H and O–H groups in total. The third-order valence-electron chi connectivity index (χ3n) is 5.23.